The van der Waals surface area contributed by atoms with E-state index < -0.39 is 23.6 Å². The van der Waals surface area contributed by atoms with Crippen molar-refractivity contribution in [3.05, 3.63) is 59.3 Å². The Labute approximate surface area is 298 Å². The van der Waals surface area contributed by atoms with Gasteiger partial charge in [-0.15, -0.1) is 0 Å². The number of halogens is 1. The third-order valence-corrected chi connectivity index (χ3v) is 11.2. The van der Waals surface area contributed by atoms with Crippen molar-refractivity contribution < 1.29 is 33.0 Å². The van der Waals surface area contributed by atoms with Crippen molar-refractivity contribution in [2.75, 3.05) is 26.3 Å². The first kappa shape index (κ1) is 35.1. The largest absolute Gasteiger partial charge is 0.444 e. The Morgan fingerprint density at radius 2 is 1.67 bits per heavy atom. The lowest BCUT2D eigenvalue weighted by molar-refractivity contribution is -0.137. The summed E-state index contributed by atoms with van der Waals surface area (Å²) in [5, 5.41) is 0.704. The summed E-state index contributed by atoms with van der Waals surface area (Å²) in [6.45, 7) is 12.8. The average molecular weight is 702 g/mol. The number of ether oxygens (including phenoxy) is 2. The third kappa shape index (κ3) is 6.29. The van der Waals surface area contributed by atoms with Crippen LogP contribution in [0.1, 0.15) is 99.6 Å². The molecule has 1 aliphatic carbocycles. The molecule has 2 aromatic heterocycles. The summed E-state index contributed by atoms with van der Waals surface area (Å²) < 4.78 is 28.0. The van der Waals surface area contributed by atoms with Crippen LogP contribution in [0.25, 0.3) is 16.6 Å². The van der Waals surface area contributed by atoms with E-state index in [0.29, 0.717) is 73.4 Å². The molecule has 11 nitrogen and oxygen atoms in total. The number of pyridine rings is 1. The zero-order valence-electron chi connectivity index (χ0n) is 30.4. The summed E-state index contributed by atoms with van der Waals surface area (Å²) in [6.07, 6.45) is 7.02. The van der Waals surface area contributed by atoms with E-state index in [0.717, 1.165) is 19.3 Å². The van der Waals surface area contributed by atoms with Gasteiger partial charge in [0.05, 0.1) is 48.3 Å². The number of carbonyl (C=O) groups is 4. The van der Waals surface area contributed by atoms with Crippen LogP contribution in [-0.4, -0.2) is 104 Å². The minimum atomic E-state index is -0.660. The van der Waals surface area contributed by atoms with Gasteiger partial charge in [-0.25, -0.2) is 9.18 Å². The van der Waals surface area contributed by atoms with Gasteiger partial charge < -0.3 is 23.8 Å². The fourth-order valence-corrected chi connectivity index (χ4v) is 8.57. The van der Waals surface area contributed by atoms with E-state index in [4.69, 9.17) is 9.47 Å². The number of carbonyl (C=O) groups excluding carboxylic acids is 4. The van der Waals surface area contributed by atoms with Gasteiger partial charge in [0.25, 0.3) is 5.91 Å². The van der Waals surface area contributed by atoms with Gasteiger partial charge in [0.2, 0.25) is 5.91 Å². The lowest BCUT2D eigenvalue weighted by Crippen LogP contribution is -2.53. The summed E-state index contributed by atoms with van der Waals surface area (Å²) in [6, 6.07) is 5.04. The molecule has 3 amide bonds. The predicted molar refractivity (Wildman–Crippen MR) is 188 cm³/mol. The van der Waals surface area contributed by atoms with Gasteiger partial charge in [0, 0.05) is 47.4 Å². The standard InChI is InChI=1S/C39H48FN5O6/c1-23-21-50-22-24(2)43(23)35(47)29-19-27(40)7-8-30(29)44-25(3)33(28-10-16-41-20-32(28)44)34(46)26-11-17-42(18-12-26)36(48)31-9-13-39(14-15-39)45(31)37(49)51-38(4,5)6/h7-8,10,16,19-20,23-24,26,31H,9,11-15,17-18,21-22H2,1-6H3/t23-,24-,31+/m1/s1. The van der Waals surface area contributed by atoms with Crippen LogP contribution in [0.4, 0.5) is 9.18 Å². The van der Waals surface area contributed by atoms with E-state index in [2.05, 4.69) is 4.98 Å². The molecule has 3 atom stereocenters. The lowest BCUT2D eigenvalue weighted by atomic mass is 9.87. The molecule has 1 aromatic carbocycles. The summed E-state index contributed by atoms with van der Waals surface area (Å²) in [5.41, 5.74) is 1.56. The molecule has 1 saturated carbocycles. The molecule has 3 saturated heterocycles. The molecule has 272 valence electrons. The Bertz CT molecular complexity index is 1880. The smallest absolute Gasteiger partial charge is 0.411 e. The van der Waals surface area contributed by atoms with Crippen LogP contribution in [-0.2, 0) is 14.3 Å². The van der Waals surface area contributed by atoms with Gasteiger partial charge in [0.15, 0.2) is 5.78 Å². The van der Waals surface area contributed by atoms with Crippen LogP contribution in [0.3, 0.4) is 0 Å². The van der Waals surface area contributed by atoms with E-state index in [1.165, 1.54) is 12.1 Å². The Balaban J connectivity index is 1.14. The zero-order valence-corrected chi connectivity index (χ0v) is 30.4. The highest BCUT2D eigenvalue weighted by molar-refractivity contribution is 6.11. The number of hydrogen-bond donors (Lipinski definition) is 0. The second-order valence-corrected chi connectivity index (χ2v) is 15.9. The number of benzene rings is 1. The van der Waals surface area contributed by atoms with Crippen LogP contribution in [0, 0.1) is 18.7 Å². The van der Waals surface area contributed by atoms with Crippen LogP contribution < -0.4 is 0 Å². The lowest BCUT2D eigenvalue weighted by Gasteiger charge is -2.39. The predicted octanol–water partition coefficient (Wildman–Crippen LogP) is 6.08. The monoisotopic (exact) mass is 701 g/mol. The molecule has 5 heterocycles. The van der Waals surface area contributed by atoms with Crippen molar-refractivity contribution in [1.29, 1.82) is 0 Å². The first-order chi connectivity index (χ1) is 24.2. The van der Waals surface area contributed by atoms with Crippen molar-refractivity contribution in [2.24, 2.45) is 5.92 Å². The van der Waals surface area contributed by atoms with Crippen molar-refractivity contribution in [3.8, 4) is 5.69 Å². The maximum absolute atomic E-state index is 14.8. The number of amides is 3. The number of rotatable bonds is 5. The van der Waals surface area contributed by atoms with E-state index in [9.17, 15) is 23.6 Å². The second kappa shape index (κ2) is 13.0. The van der Waals surface area contributed by atoms with E-state index in [1.54, 1.807) is 39.2 Å². The molecule has 0 bridgehead atoms. The van der Waals surface area contributed by atoms with E-state index in [-0.39, 0.29) is 46.7 Å². The number of aromatic nitrogens is 2. The number of Topliss-reactive ketones (excluding diaryl/α,β-unsaturated/α-hetero) is 1. The molecule has 1 spiro atoms. The minimum Gasteiger partial charge on any atom is -0.444 e. The van der Waals surface area contributed by atoms with Gasteiger partial charge in [-0.3, -0.25) is 24.3 Å². The Hall–Kier alpha value is -4.32. The number of piperidine rings is 1. The zero-order chi connectivity index (χ0) is 36.4. The maximum Gasteiger partial charge on any atom is 0.411 e. The first-order valence-corrected chi connectivity index (χ1v) is 18.2. The molecule has 3 aromatic rings. The molecule has 0 unspecified atom stereocenters. The fourth-order valence-electron chi connectivity index (χ4n) is 8.57. The Morgan fingerprint density at radius 3 is 2.31 bits per heavy atom. The molecule has 12 heteroatoms. The van der Waals surface area contributed by atoms with Crippen LogP contribution in [0.15, 0.2) is 36.7 Å². The van der Waals surface area contributed by atoms with E-state index in [1.807, 2.05) is 46.1 Å². The molecule has 0 N–H and O–H groups in total. The third-order valence-electron chi connectivity index (χ3n) is 11.2. The van der Waals surface area contributed by atoms with Crippen LogP contribution >= 0.6 is 0 Å². The quantitative estimate of drug-likeness (QED) is 0.297. The number of nitrogens with zero attached hydrogens (tertiary/aromatic N) is 5. The molecule has 7 rings (SSSR count). The SMILES string of the molecule is Cc1c(C(=O)C2CCN(C(=O)[C@@H]3CCC4(CC4)N3C(=O)OC(C)(C)C)CC2)c2ccncc2n1-c1ccc(F)cc1C(=O)N1[C@H](C)COC[C@H]1C. The van der Waals surface area contributed by atoms with Crippen molar-refractivity contribution in [1.82, 2.24) is 24.3 Å². The van der Waals surface area contributed by atoms with Gasteiger partial charge >= 0.3 is 6.09 Å². The second-order valence-electron chi connectivity index (χ2n) is 15.9. The summed E-state index contributed by atoms with van der Waals surface area (Å²) >= 11 is 0. The van der Waals surface area contributed by atoms with Crippen molar-refractivity contribution >= 4 is 34.6 Å². The average Bonchev–Trinajstić information content (AvgIpc) is 3.66. The summed E-state index contributed by atoms with van der Waals surface area (Å²) in [4.78, 5) is 65.3. The molecule has 51 heavy (non-hydrogen) atoms. The number of likely N-dealkylation sites (tertiary alicyclic amines) is 2. The molecular formula is C39H48FN5O6. The fraction of sp³-hybridized carbons (Fsp3) is 0.564. The van der Waals surface area contributed by atoms with E-state index >= 15 is 0 Å². The molecule has 4 fully saturated rings. The molecule has 3 aliphatic heterocycles. The summed E-state index contributed by atoms with van der Waals surface area (Å²) in [5.74, 6) is -1.27. The Kier molecular flexibility index (Phi) is 8.96. The number of morpholine rings is 1. The van der Waals surface area contributed by atoms with Crippen LogP contribution in [0.5, 0.6) is 0 Å². The first-order valence-electron chi connectivity index (χ1n) is 18.2. The highest BCUT2D eigenvalue weighted by Gasteiger charge is 2.60. The van der Waals surface area contributed by atoms with Crippen LogP contribution in [0.2, 0.25) is 0 Å². The molecule has 4 aliphatic rings. The van der Waals surface area contributed by atoms with Crippen molar-refractivity contribution in [2.45, 2.75) is 109 Å². The van der Waals surface area contributed by atoms with Gasteiger partial charge in [-0.1, -0.05) is 0 Å². The van der Waals surface area contributed by atoms with Gasteiger partial charge in [0.1, 0.15) is 17.5 Å². The molecular weight excluding hydrogens is 653 g/mol. The number of hydrogen-bond acceptors (Lipinski definition) is 7. The molecule has 0 radical (unpaired) electrons. The Morgan fingerprint density at radius 1 is 0.980 bits per heavy atom. The normalized spacial score (nSPS) is 23.6. The summed E-state index contributed by atoms with van der Waals surface area (Å²) in [7, 11) is 0. The highest BCUT2D eigenvalue weighted by Crippen LogP contribution is 2.52. The van der Waals surface area contributed by atoms with Crippen molar-refractivity contribution in [3.63, 3.8) is 0 Å². The number of fused-ring (bicyclic) bond motifs is 1. The topological polar surface area (TPSA) is 114 Å². The number of ketones is 1. The highest BCUT2D eigenvalue weighted by atomic mass is 19.1. The van der Waals surface area contributed by atoms with Gasteiger partial charge in [-0.2, -0.15) is 0 Å². The minimum absolute atomic E-state index is 0.0341. The van der Waals surface area contributed by atoms with Gasteiger partial charge in [-0.05, 0) is 104 Å². The maximum atomic E-state index is 14.8.